The van der Waals surface area contributed by atoms with Gasteiger partial charge in [0.25, 0.3) is 0 Å². The number of rotatable bonds is 8. The van der Waals surface area contributed by atoms with E-state index in [4.69, 9.17) is 9.73 Å². The minimum Gasteiger partial charge on any atom is -0.489 e. The van der Waals surface area contributed by atoms with Crippen LogP contribution in [-0.2, 0) is 13.1 Å². The van der Waals surface area contributed by atoms with E-state index in [1.54, 1.807) is 17.4 Å². The molecule has 1 N–H and O–H groups in total. The first-order valence-corrected chi connectivity index (χ1v) is 9.24. The van der Waals surface area contributed by atoms with Gasteiger partial charge in [0.1, 0.15) is 12.4 Å². The SMILES string of the molecule is C=CCOc1ccccc1CN=C(NCC)N(C)Cc1csc(C)n1.I. The maximum absolute atomic E-state index is 5.71. The molecule has 0 saturated heterocycles. The molecule has 1 aromatic carbocycles. The molecule has 0 radical (unpaired) electrons. The maximum Gasteiger partial charge on any atom is 0.194 e. The Labute approximate surface area is 177 Å². The number of para-hydroxylation sites is 1. The van der Waals surface area contributed by atoms with Crippen LogP contribution in [0.4, 0.5) is 0 Å². The van der Waals surface area contributed by atoms with Crippen LogP contribution in [0, 0.1) is 6.92 Å². The highest BCUT2D eigenvalue weighted by atomic mass is 127. The molecule has 0 atom stereocenters. The third-order valence-electron chi connectivity index (χ3n) is 3.49. The monoisotopic (exact) mass is 486 g/mol. The Kier molecular flexibility index (Phi) is 10.3. The third-order valence-corrected chi connectivity index (χ3v) is 4.31. The molecule has 26 heavy (non-hydrogen) atoms. The number of nitrogens with zero attached hydrogens (tertiary/aromatic N) is 3. The van der Waals surface area contributed by atoms with E-state index in [9.17, 15) is 0 Å². The average Bonchev–Trinajstić information content (AvgIpc) is 3.02. The molecule has 1 heterocycles. The Hall–Kier alpha value is -1.61. The first kappa shape index (κ1) is 22.4. The van der Waals surface area contributed by atoms with Gasteiger partial charge in [-0.1, -0.05) is 30.9 Å². The first-order chi connectivity index (χ1) is 12.1. The average molecular weight is 486 g/mol. The maximum atomic E-state index is 5.71. The summed E-state index contributed by atoms with van der Waals surface area (Å²) < 4.78 is 5.71. The molecular weight excluding hydrogens is 459 g/mol. The molecular formula is C19H27IN4OS. The van der Waals surface area contributed by atoms with Gasteiger partial charge >= 0.3 is 0 Å². The number of benzene rings is 1. The van der Waals surface area contributed by atoms with Gasteiger partial charge in [0.05, 0.1) is 23.8 Å². The summed E-state index contributed by atoms with van der Waals surface area (Å²) in [5.41, 5.74) is 2.11. The van der Waals surface area contributed by atoms with Crippen molar-refractivity contribution < 1.29 is 4.74 Å². The van der Waals surface area contributed by atoms with Gasteiger partial charge in [0.15, 0.2) is 5.96 Å². The Morgan fingerprint density at radius 3 is 2.85 bits per heavy atom. The summed E-state index contributed by atoms with van der Waals surface area (Å²) in [6.45, 7) is 10.4. The molecule has 0 aliphatic carbocycles. The minimum atomic E-state index is 0. The fraction of sp³-hybridized carbons (Fsp3) is 0.368. The molecule has 2 rings (SSSR count). The Morgan fingerprint density at radius 2 is 2.19 bits per heavy atom. The van der Waals surface area contributed by atoms with Crippen molar-refractivity contribution >= 4 is 41.3 Å². The Morgan fingerprint density at radius 1 is 1.42 bits per heavy atom. The summed E-state index contributed by atoms with van der Waals surface area (Å²) in [7, 11) is 2.02. The lowest BCUT2D eigenvalue weighted by molar-refractivity contribution is 0.359. The van der Waals surface area contributed by atoms with Gasteiger partial charge < -0.3 is 15.0 Å². The smallest absolute Gasteiger partial charge is 0.194 e. The number of guanidine groups is 1. The number of aryl methyl sites for hydroxylation is 1. The normalized spacial score (nSPS) is 10.8. The van der Waals surface area contributed by atoms with Crippen molar-refractivity contribution in [1.82, 2.24) is 15.2 Å². The van der Waals surface area contributed by atoms with Crippen LogP contribution >= 0.6 is 35.3 Å². The summed E-state index contributed by atoms with van der Waals surface area (Å²) in [6, 6.07) is 7.96. The molecule has 5 nitrogen and oxygen atoms in total. The van der Waals surface area contributed by atoms with E-state index in [1.807, 2.05) is 38.2 Å². The van der Waals surface area contributed by atoms with Crippen molar-refractivity contribution in [2.75, 3.05) is 20.2 Å². The van der Waals surface area contributed by atoms with Crippen LogP contribution in [0.15, 0.2) is 47.3 Å². The third kappa shape index (κ3) is 6.95. The van der Waals surface area contributed by atoms with Crippen molar-refractivity contribution in [3.05, 3.63) is 58.6 Å². The van der Waals surface area contributed by atoms with Crippen molar-refractivity contribution in [1.29, 1.82) is 0 Å². The second kappa shape index (κ2) is 11.9. The lowest BCUT2D eigenvalue weighted by Gasteiger charge is -2.21. The van der Waals surface area contributed by atoms with Crippen molar-refractivity contribution in [3.63, 3.8) is 0 Å². The molecule has 142 valence electrons. The number of thiazole rings is 1. The highest BCUT2D eigenvalue weighted by molar-refractivity contribution is 14.0. The summed E-state index contributed by atoms with van der Waals surface area (Å²) in [5, 5.41) is 6.51. The number of halogens is 1. The predicted octanol–water partition coefficient (Wildman–Crippen LogP) is 4.23. The van der Waals surface area contributed by atoms with Crippen LogP contribution < -0.4 is 10.1 Å². The van der Waals surface area contributed by atoms with Gasteiger partial charge in [-0.05, 0) is 19.9 Å². The van der Waals surface area contributed by atoms with Crippen molar-refractivity contribution in [3.8, 4) is 5.75 Å². The lowest BCUT2D eigenvalue weighted by atomic mass is 10.2. The molecule has 0 amide bonds. The summed E-state index contributed by atoms with van der Waals surface area (Å²) in [4.78, 5) is 11.4. The largest absolute Gasteiger partial charge is 0.489 e. The quantitative estimate of drug-likeness (QED) is 0.263. The summed E-state index contributed by atoms with van der Waals surface area (Å²) >= 11 is 1.67. The number of aliphatic imine (C=N–C) groups is 1. The van der Waals surface area contributed by atoms with Gasteiger partial charge in [-0.3, -0.25) is 0 Å². The van der Waals surface area contributed by atoms with E-state index in [0.717, 1.165) is 41.1 Å². The second-order valence-corrected chi connectivity index (χ2v) is 6.65. The van der Waals surface area contributed by atoms with E-state index in [1.165, 1.54) is 0 Å². The fourth-order valence-corrected chi connectivity index (χ4v) is 2.96. The highest BCUT2D eigenvalue weighted by Gasteiger charge is 2.09. The molecule has 0 fully saturated rings. The minimum absolute atomic E-state index is 0. The summed E-state index contributed by atoms with van der Waals surface area (Å²) in [6.07, 6.45) is 1.74. The molecule has 0 unspecified atom stereocenters. The van der Waals surface area contributed by atoms with Crippen LogP contribution in [0.2, 0.25) is 0 Å². The van der Waals surface area contributed by atoms with Crippen LogP contribution in [0.1, 0.15) is 23.2 Å². The predicted molar refractivity (Wildman–Crippen MR) is 121 cm³/mol. The topological polar surface area (TPSA) is 49.8 Å². The molecule has 7 heteroatoms. The van der Waals surface area contributed by atoms with Crippen molar-refractivity contribution in [2.45, 2.75) is 26.9 Å². The zero-order chi connectivity index (χ0) is 18.1. The molecule has 2 aromatic rings. The van der Waals surface area contributed by atoms with Gasteiger partial charge in [-0.2, -0.15) is 0 Å². The van der Waals surface area contributed by atoms with Crippen LogP contribution in [0.3, 0.4) is 0 Å². The van der Waals surface area contributed by atoms with Crippen LogP contribution in [0.25, 0.3) is 0 Å². The summed E-state index contributed by atoms with van der Waals surface area (Å²) in [5.74, 6) is 1.70. The van der Waals surface area contributed by atoms with Crippen LogP contribution in [-0.4, -0.2) is 36.0 Å². The van der Waals surface area contributed by atoms with Gasteiger partial charge in [0, 0.05) is 24.5 Å². The second-order valence-electron chi connectivity index (χ2n) is 5.59. The van der Waals surface area contributed by atoms with E-state index < -0.39 is 0 Å². The standard InChI is InChI=1S/C19H26N4OS.HI/c1-5-11-24-18-10-8-7-9-16(18)12-21-19(20-6-2)23(4)13-17-14-25-15(3)22-17;/h5,7-10,14H,1,6,11-13H2,2-4H3,(H,20,21);1H. The number of nitrogens with one attached hydrogen (secondary N) is 1. The van der Waals surface area contributed by atoms with Gasteiger partial charge in [-0.15, -0.1) is 35.3 Å². The molecule has 0 bridgehead atoms. The number of hydrogen-bond donors (Lipinski definition) is 1. The molecule has 1 aromatic heterocycles. The van der Waals surface area contributed by atoms with E-state index >= 15 is 0 Å². The first-order valence-electron chi connectivity index (χ1n) is 8.36. The number of hydrogen-bond acceptors (Lipinski definition) is 4. The lowest BCUT2D eigenvalue weighted by Crippen LogP contribution is -2.38. The number of ether oxygens (including phenoxy) is 1. The van der Waals surface area contributed by atoms with E-state index in [-0.39, 0.29) is 24.0 Å². The van der Waals surface area contributed by atoms with Gasteiger partial charge in [-0.25, -0.2) is 9.98 Å². The Balaban J connectivity index is 0.00000338. The molecule has 0 aliphatic rings. The van der Waals surface area contributed by atoms with E-state index in [2.05, 4.69) is 34.1 Å². The van der Waals surface area contributed by atoms with Crippen LogP contribution in [0.5, 0.6) is 5.75 Å². The number of aromatic nitrogens is 1. The Bertz CT molecular complexity index is 717. The molecule has 0 aliphatic heterocycles. The highest BCUT2D eigenvalue weighted by Crippen LogP contribution is 2.19. The zero-order valence-corrected chi connectivity index (χ0v) is 18.7. The van der Waals surface area contributed by atoms with Gasteiger partial charge in [0.2, 0.25) is 0 Å². The fourth-order valence-electron chi connectivity index (χ4n) is 2.35. The molecule has 0 saturated carbocycles. The zero-order valence-electron chi connectivity index (χ0n) is 15.6. The van der Waals surface area contributed by atoms with Crippen molar-refractivity contribution in [2.24, 2.45) is 4.99 Å². The van der Waals surface area contributed by atoms with E-state index in [0.29, 0.717) is 13.2 Å². The molecule has 0 spiro atoms.